The molecule has 4 amide bonds. The Hall–Kier alpha value is -3.76. The molecule has 8 nitrogen and oxygen atoms in total. The highest BCUT2D eigenvalue weighted by Crippen LogP contribution is 2.31. The summed E-state index contributed by atoms with van der Waals surface area (Å²) in [6.45, 7) is -0.583. The van der Waals surface area contributed by atoms with Gasteiger partial charge in [-0.15, -0.1) is 0 Å². The molecule has 2 aromatic rings. The molecule has 2 aromatic carbocycles. The highest BCUT2D eigenvalue weighted by Gasteiger charge is 2.30. The summed E-state index contributed by atoms with van der Waals surface area (Å²) < 4.78 is 42.9. The number of hydrogen-bond acceptors (Lipinski definition) is 4. The Balaban J connectivity index is 1.62. The van der Waals surface area contributed by atoms with E-state index in [-0.39, 0.29) is 18.7 Å². The lowest BCUT2D eigenvalue weighted by Gasteiger charge is -2.11. The molecular weight excluding hydrogens is 405 g/mol. The number of hydrazine groups is 1. The highest BCUT2D eigenvalue weighted by atomic mass is 19.4. The van der Waals surface area contributed by atoms with Gasteiger partial charge in [-0.25, -0.2) is 4.79 Å². The van der Waals surface area contributed by atoms with Crippen molar-refractivity contribution in [3.63, 3.8) is 0 Å². The standard InChI is InChI=1S/C19H19F3N4O4/c20-19(21,22)13-5-4-8-15(11-13)30-12-17(28)26-25-16(27)9-10-23-18(29)24-14-6-2-1-3-7-14/h1-8,11H,9-10,12H2,(H,25,27)(H,26,28)(H2,23,24,29). The minimum absolute atomic E-state index is 0.0150. The number of anilines is 1. The van der Waals surface area contributed by atoms with E-state index in [0.717, 1.165) is 18.2 Å². The van der Waals surface area contributed by atoms with Crippen LogP contribution < -0.4 is 26.2 Å². The van der Waals surface area contributed by atoms with Crippen molar-refractivity contribution in [1.82, 2.24) is 16.2 Å². The molecule has 0 unspecified atom stereocenters. The maximum absolute atomic E-state index is 12.6. The second-order valence-corrected chi connectivity index (χ2v) is 5.91. The third kappa shape index (κ3) is 8.09. The molecule has 0 radical (unpaired) electrons. The van der Waals surface area contributed by atoms with Crippen LogP contribution in [-0.2, 0) is 15.8 Å². The molecule has 4 N–H and O–H groups in total. The highest BCUT2D eigenvalue weighted by molar-refractivity contribution is 5.89. The third-order valence-electron chi connectivity index (χ3n) is 3.54. The summed E-state index contributed by atoms with van der Waals surface area (Å²) >= 11 is 0. The van der Waals surface area contributed by atoms with Crippen LogP contribution in [0.4, 0.5) is 23.7 Å². The Morgan fingerprint density at radius 1 is 0.900 bits per heavy atom. The van der Waals surface area contributed by atoms with Crippen molar-refractivity contribution in [1.29, 1.82) is 0 Å². The molecule has 0 saturated carbocycles. The minimum atomic E-state index is -4.53. The normalized spacial score (nSPS) is 10.6. The average molecular weight is 424 g/mol. The second kappa shape index (κ2) is 10.7. The molecule has 30 heavy (non-hydrogen) atoms. The van der Waals surface area contributed by atoms with Crippen LogP contribution in [0.2, 0.25) is 0 Å². The molecule has 11 heteroatoms. The van der Waals surface area contributed by atoms with Gasteiger partial charge in [-0.1, -0.05) is 24.3 Å². The fraction of sp³-hybridized carbons (Fsp3) is 0.211. The lowest BCUT2D eigenvalue weighted by molar-refractivity contribution is -0.137. The van der Waals surface area contributed by atoms with Crippen LogP contribution in [0.15, 0.2) is 54.6 Å². The number of urea groups is 1. The lowest BCUT2D eigenvalue weighted by atomic mass is 10.2. The number of amides is 4. The molecule has 0 saturated heterocycles. The van der Waals surface area contributed by atoms with Gasteiger partial charge in [0.1, 0.15) is 5.75 Å². The van der Waals surface area contributed by atoms with Crippen molar-refractivity contribution in [3.05, 3.63) is 60.2 Å². The first-order valence-electron chi connectivity index (χ1n) is 8.71. The van der Waals surface area contributed by atoms with Gasteiger partial charge in [-0.05, 0) is 30.3 Å². The SMILES string of the molecule is O=C(CCNC(=O)Nc1ccccc1)NNC(=O)COc1cccc(C(F)(F)F)c1. The summed E-state index contributed by atoms with van der Waals surface area (Å²) in [7, 11) is 0. The molecule has 2 rings (SSSR count). The quantitative estimate of drug-likeness (QED) is 0.512. The van der Waals surface area contributed by atoms with E-state index in [9.17, 15) is 27.6 Å². The Kier molecular flexibility index (Phi) is 8.03. The van der Waals surface area contributed by atoms with Crippen molar-refractivity contribution in [2.24, 2.45) is 0 Å². The van der Waals surface area contributed by atoms with Crippen LogP contribution in [0.3, 0.4) is 0 Å². The number of benzene rings is 2. The number of ether oxygens (including phenoxy) is 1. The van der Waals surface area contributed by atoms with Gasteiger partial charge in [0.2, 0.25) is 5.91 Å². The zero-order chi connectivity index (χ0) is 22.0. The fourth-order valence-corrected chi connectivity index (χ4v) is 2.14. The van der Waals surface area contributed by atoms with E-state index in [1.807, 2.05) is 0 Å². The number of carbonyl (C=O) groups is 3. The Labute approximate surface area is 169 Å². The summed E-state index contributed by atoms with van der Waals surface area (Å²) in [6, 6.07) is 12.3. The molecule has 0 heterocycles. The summed E-state index contributed by atoms with van der Waals surface area (Å²) in [5, 5.41) is 5.05. The van der Waals surface area contributed by atoms with Crippen LogP contribution in [0.5, 0.6) is 5.75 Å². The molecule has 0 fully saturated rings. The van der Waals surface area contributed by atoms with E-state index in [0.29, 0.717) is 5.69 Å². The maximum atomic E-state index is 12.6. The third-order valence-corrected chi connectivity index (χ3v) is 3.54. The Bertz CT molecular complexity index is 876. The van der Waals surface area contributed by atoms with E-state index in [1.54, 1.807) is 30.3 Å². The van der Waals surface area contributed by atoms with Crippen LogP contribution in [0.1, 0.15) is 12.0 Å². The smallest absolute Gasteiger partial charge is 0.416 e. The van der Waals surface area contributed by atoms with E-state index in [4.69, 9.17) is 4.74 Å². The minimum Gasteiger partial charge on any atom is -0.484 e. The van der Waals surface area contributed by atoms with Gasteiger partial charge in [0, 0.05) is 18.7 Å². The van der Waals surface area contributed by atoms with Crippen LogP contribution in [0.25, 0.3) is 0 Å². The number of carbonyl (C=O) groups excluding carboxylic acids is 3. The predicted octanol–water partition coefficient (Wildman–Crippen LogP) is 2.44. The monoisotopic (exact) mass is 424 g/mol. The van der Waals surface area contributed by atoms with Crippen LogP contribution in [0, 0.1) is 0 Å². The first-order chi connectivity index (χ1) is 14.2. The number of rotatable bonds is 7. The van der Waals surface area contributed by atoms with Crippen LogP contribution >= 0.6 is 0 Å². The molecule has 0 atom stereocenters. The van der Waals surface area contributed by atoms with E-state index >= 15 is 0 Å². The van der Waals surface area contributed by atoms with Crippen molar-refractivity contribution in [2.75, 3.05) is 18.5 Å². The number of nitrogens with one attached hydrogen (secondary N) is 4. The number of para-hydroxylation sites is 1. The molecule has 0 aliphatic heterocycles. The molecular formula is C19H19F3N4O4. The van der Waals surface area contributed by atoms with Crippen molar-refractivity contribution >= 4 is 23.5 Å². The number of hydrogen-bond donors (Lipinski definition) is 4. The largest absolute Gasteiger partial charge is 0.484 e. The van der Waals surface area contributed by atoms with Crippen LogP contribution in [-0.4, -0.2) is 31.0 Å². The van der Waals surface area contributed by atoms with Gasteiger partial charge < -0.3 is 15.4 Å². The molecule has 0 aromatic heterocycles. The topological polar surface area (TPSA) is 109 Å². The number of alkyl halides is 3. The molecule has 0 aliphatic rings. The first kappa shape index (κ1) is 22.5. The van der Waals surface area contributed by atoms with Gasteiger partial charge in [0.05, 0.1) is 5.56 Å². The molecule has 0 spiro atoms. The summed E-state index contributed by atoms with van der Waals surface area (Å²) in [5.41, 5.74) is 3.85. The van der Waals surface area contributed by atoms with Gasteiger partial charge >= 0.3 is 12.2 Å². The molecule has 0 bridgehead atoms. The first-order valence-corrected chi connectivity index (χ1v) is 8.71. The zero-order valence-electron chi connectivity index (χ0n) is 15.6. The van der Waals surface area contributed by atoms with Crippen molar-refractivity contribution in [2.45, 2.75) is 12.6 Å². The van der Waals surface area contributed by atoms with Crippen molar-refractivity contribution < 1.29 is 32.3 Å². The predicted molar refractivity (Wildman–Crippen MR) is 101 cm³/mol. The average Bonchev–Trinajstić information content (AvgIpc) is 2.71. The summed E-state index contributed by atoms with van der Waals surface area (Å²) in [6.07, 6.45) is -4.64. The van der Waals surface area contributed by atoms with Gasteiger partial charge in [-0.3, -0.25) is 20.4 Å². The Morgan fingerprint density at radius 3 is 2.30 bits per heavy atom. The van der Waals surface area contributed by atoms with E-state index in [1.165, 1.54) is 6.07 Å². The molecule has 0 aliphatic carbocycles. The fourth-order valence-electron chi connectivity index (χ4n) is 2.14. The summed E-state index contributed by atoms with van der Waals surface area (Å²) in [4.78, 5) is 34.9. The van der Waals surface area contributed by atoms with Gasteiger partial charge in [0.25, 0.3) is 5.91 Å². The number of halogens is 3. The van der Waals surface area contributed by atoms with E-state index < -0.39 is 36.2 Å². The van der Waals surface area contributed by atoms with E-state index in [2.05, 4.69) is 21.5 Å². The second-order valence-electron chi connectivity index (χ2n) is 5.91. The maximum Gasteiger partial charge on any atom is 0.416 e. The lowest BCUT2D eigenvalue weighted by Crippen LogP contribution is -2.44. The zero-order valence-corrected chi connectivity index (χ0v) is 15.6. The van der Waals surface area contributed by atoms with Crippen molar-refractivity contribution in [3.8, 4) is 5.75 Å². The summed E-state index contributed by atoms with van der Waals surface area (Å²) in [5.74, 6) is -1.49. The van der Waals surface area contributed by atoms with Gasteiger partial charge in [0.15, 0.2) is 6.61 Å². The Morgan fingerprint density at radius 2 is 1.60 bits per heavy atom. The molecule has 160 valence electrons. The van der Waals surface area contributed by atoms with Gasteiger partial charge in [-0.2, -0.15) is 13.2 Å².